The standard InChI is InChI=1S/C15H16N4O4S.ClH/c1-11(16)17-10-12-2-4-13(5-3-12)18-24(22,23)15-8-6-14(7-9-15)19(20)21;/h2-9,18H,10H2,1H3,(H2,16,17);1H. The van der Waals surface area contributed by atoms with Crippen LogP contribution in [0.25, 0.3) is 0 Å². The lowest BCUT2D eigenvalue weighted by molar-refractivity contribution is -0.384. The van der Waals surface area contributed by atoms with E-state index in [0.717, 1.165) is 17.7 Å². The van der Waals surface area contributed by atoms with Crippen molar-refractivity contribution in [1.29, 1.82) is 0 Å². The van der Waals surface area contributed by atoms with Crippen molar-refractivity contribution in [3.63, 3.8) is 0 Å². The Balaban J connectivity index is 0.00000312. The lowest BCUT2D eigenvalue weighted by atomic mass is 10.2. The quantitative estimate of drug-likeness (QED) is 0.342. The minimum absolute atomic E-state index is 0. The number of amidine groups is 1. The van der Waals surface area contributed by atoms with E-state index in [9.17, 15) is 18.5 Å². The Hall–Kier alpha value is -2.65. The number of non-ortho nitro benzene ring substituents is 1. The molecular formula is C15H17ClN4O4S. The monoisotopic (exact) mass is 384 g/mol. The van der Waals surface area contributed by atoms with Crippen molar-refractivity contribution in [3.8, 4) is 0 Å². The molecule has 0 heterocycles. The lowest BCUT2D eigenvalue weighted by Gasteiger charge is -2.08. The molecule has 0 aliphatic heterocycles. The van der Waals surface area contributed by atoms with Crippen LogP contribution < -0.4 is 10.5 Å². The molecular weight excluding hydrogens is 368 g/mol. The van der Waals surface area contributed by atoms with Gasteiger partial charge in [-0.15, -0.1) is 12.4 Å². The highest BCUT2D eigenvalue weighted by Gasteiger charge is 2.15. The largest absolute Gasteiger partial charge is 0.388 e. The van der Waals surface area contributed by atoms with Gasteiger partial charge in [0, 0.05) is 17.8 Å². The summed E-state index contributed by atoms with van der Waals surface area (Å²) < 4.78 is 26.9. The van der Waals surface area contributed by atoms with Gasteiger partial charge >= 0.3 is 0 Å². The number of nitrogens with zero attached hydrogens (tertiary/aromatic N) is 2. The second-order valence-corrected chi connectivity index (χ2v) is 6.69. The summed E-state index contributed by atoms with van der Waals surface area (Å²) in [5.74, 6) is 0.470. The van der Waals surface area contributed by atoms with Crippen LogP contribution in [0.3, 0.4) is 0 Å². The first-order valence-corrected chi connectivity index (χ1v) is 8.39. The molecule has 0 atom stereocenters. The van der Waals surface area contributed by atoms with Crippen LogP contribution in [0.15, 0.2) is 58.4 Å². The van der Waals surface area contributed by atoms with Gasteiger partial charge in [0.1, 0.15) is 0 Å². The molecule has 2 aromatic rings. The summed E-state index contributed by atoms with van der Waals surface area (Å²) >= 11 is 0. The maximum absolute atomic E-state index is 12.3. The van der Waals surface area contributed by atoms with Crippen molar-refractivity contribution in [1.82, 2.24) is 0 Å². The van der Waals surface area contributed by atoms with E-state index >= 15 is 0 Å². The van der Waals surface area contributed by atoms with Gasteiger partial charge in [-0.05, 0) is 36.8 Å². The van der Waals surface area contributed by atoms with E-state index in [4.69, 9.17) is 5.73 Å². The average Bonchev–Trinajstić information content (AvgIpc) is 2.54. The Labute approximate surface area is 151 Å². The van der Waals surface area contributed by atoms with Crippen molar-refractivity contribution in [2.45, 2.75) is 18.4 Å². The van der Waals surface area contributed by atoms with Crippen molar-refractivity contribution in [3.05, 3.63) is 64.2 Å². The maximum atomic E-state index is 12.3. The molecule has 0 radical (unpaired) electrons. The molecule has 3 N–H and O–H groups in total. The fourth-order valence-electron chi connectivity index (χ4n) is 1.86. The van der Waals surface area contributed by atoms with Gasteiger partial charge in [0.2, 0.25) is 0 Å². The van der Waals surface area contributed by atoms with Crippen LogP contribution in [-0.2, 0) is 16.6 Å². The highest BCUT2D eigenvalue weighted by Crippen LogP contribution is 2.19. The third-order valence-corrected chi connectivity index (χ3v) is 4.47. The van der Waals surface area contributed by atoms with Crippen LogP contribution in [0.4, 0.5) is 11.4 Å². The fraction of sp³-hybridized carbons (Fsp3) is 0.133. The van der Waals surface area contributed by atoms with Gasteiger partial charge in [-0.2, -0.15) is 0 Å². The van der Waals surface area contributed by atoms with E-state index < -0.39 is 14.9 Å². The van der Waals surface area contributed by atoms with Gasteiger partial charge in [0.25, 0.3) is 15.7 Å². The number of nitro benzene ring substituents is 1. The van der Waals surface area contributed by atoms with Crippen molar-refractivity contribution in [2.75, 3.05) is 4.72 Å². The van der Waals surface area contributed by atoms with Gasteiger partial charge < -0.3 is 5.73 Å². The second-order valence-electron chi connectivity index (χ2n) is 5.01. The van der Waals surface area contributed by atoms with Gasteiger partial charge in [-0.25, -0.2) is 8.42 Å². The number of halogens is 1. The Morgan fingerprint density at radius 2 is 1.72 bits per heavy atom. The highest BCUT2D eigenvalue weighted by atomic mass is 35.5. The highest BCUT2D eigenvalue weighted by molar-refractivity contribution is 7.92. The molecule has 0 aliphatic rings. The number of nitrogens with one attached hydrogen (secondary N) is 1. The van der Waals surface area contributed by atoms with Gasteiger partial charge in [0.05, 0.1) is 22.2 Å². The number of benzene rings is 2. The number of anilines is 1. The molecule has 25 heavy (non-hydrogen) atoms. The predicted molar refractivity (Wildman–Crippen MR) is 98.6 cm³/mol. The summed E-state index contributed by atoms with van der Waals surface area (Å²) in [6.07, 6.45) is 0. The first-order chi connectivity index (χ1) is 11.3. The summed E-state index contributed by atoms with van der Waals surface area (Å²) in [6.45, 7) is 2.10. The van der Waals surface area contributed by atoms with Gasteiger partial charge in [-0.1, -0.05) is 12.1 Å². The average molecular weight is 385 g/mol. The topological polar surface area (TPSA) is 128 Å². The van der Waals surface area contributed by atoms with Crippen LogP contribution in [-0.4, -0.2) is 19.2 Å². The Morgan fingerprint density at radius 3 is 2.20 bits per heavy atom. The summed E-state index contributed by atoms with van der Waals surface area (Å²) in [4.78, 5) is 14.0. The number of hydrogen-bond acceptors (Lipinski definition) is 5. The van der Waals surface area contributed by atoms with E-state index in [2.05, 4.69) is 9.71 Å². The number of nitrogens with two attached hydrogens (primary N) is 1. The smallest absolute Gasteiger partial charge is 0.269 e. The van der Waals surface area contributed by atoms with E-state index in [1.165, 1.54) is 12.1 Å². The summed E-state index contributed by atoms with van der Waals surface area (Å²) in [5, 5.41) is 10.6. The number of rotatable bonds is 6. The summed E-state index contributed by atoms with van der Waals surface area (Å²) in [5.41, 5.74) is 6.56. The van der Waals surface area contributed by atoms with Crippen LogP contribution in [0.1, 0.15) is 12.5 Å². The fourth-order valence-corrected chi connectivity index (χ4v) is 2.91. The Bertz CT molecular complexity index is 861. The van der Waals surface area contributed by atoms with Crippen molar-refractivity contribution >= 4 is 39.6 Å². The van der Waals surface area contributed by atoms with Crippen LogP contribution in [0.5, 0.6) is 0 Å². The summed E-state index contributed by atoms with van der Waals surface area (Å²) in [6, 6.07) is 11.4. The number of hydrogen-bond donors (Lipinski definition) is 2. The zero-order valence-corrected chi connectivity index (χ0v) is 14.9. The van der Waals surface area contributed by atoms with Gasteiger partial charge in [-0.3, -0.25) is 19.8 Å². The molecule has 2 rings (SSSR count). The SMILES string of the molecule is CC(N)=NCc1ccc(NS(=O)(=O)c2ccc([N+](=O)[O-])cc2)cc1.Cl. The molecule has 0 aromatic heterocycles. The first kappa shape index (κ1) is 20.4. The zero-order chi connectivity index (χ0) is 17.7. The molecule has 0 saturated carbocycles. The van der Waals surface area contributed by atoms with Crippen LogP contribution in [0, 0.1) is 10.1 Å². The molecule has 10 heteroatoms. The third kappa shape index (κ3) is 5.73. The van der Waals surface area contributed by atoms with Crippen LogP contribution >= 0.6 is 12.4 Å². The first-order valence-electron chi connectivity index (χ1n) is 6.91. The van der Waals surface area contributed by atoms with Crippen LogP contribution in [0.2, 0.25) is 0 Å². The molecule has 0 saturated heterocycles. The minimum atomic E-state index is -3.81. The minimum Gasteiger partial charge on any atom is -0.388 e. The normalized spacial score (nSPS) is 11.5. The van der Waals surface area contributed by atoms with Gasteiger partial charge in [0.15, 0.2) is 0 Å². The molecule has 0 unspecified atom stereocenters. The van der Waals surface area contributed by atoms with E-state index in [0.29, 0.717) is 18.1 Å². The molecule has 0 spiro atoms. The second kappa shape index (κ2) is 8.45. The lowest BCUT2D eigenvalue weighted by Crippen LogP contribution is -2.12. The van der Waals surface area contributed by atoms with Crippen molar-refractivity contribution < 1.29 is 13.3 Å². The Kier molecular flexibility index (Phi) is 6.89. The molecule has 0 fully saturated rings. The molecule has 8 nitrogen and oxygen atoms in total. The summed E-state index contributed by atoms with van der Waals surface area (Å²) in [7, 11) is -3.81. The Morgan fingerprint density at radius 1 is 1.16 bits per heavy atom. The van der Waals surface area contributed by atoms with E-state index in [1.807, 2.05) is 0 Å². The van der Waals surface area contributed by atoms with E-state index in [-0.39, 0.29) is 23.0 Å². The number of nitro groups is 1. The number of aliphatic imine (C=N–C) groups is 1. The van der Waals surface area contributed by atoms with Crippen molar-refractivity contribution in [2.24, 2.45) is 10.7 Å². The molecule has 134 valence electrons. The predicted octanol–water partition coefficient (Wildman–Crippen LogP) is 2.69. The molecule has 0 aliphatic carbocycles. The zero-order valence-electron chi connectivity index (χ0n) is 13.2. The molecule has 2 aromatic carbocycles. The third-order valence-electron chi connectivity index (χ3n) is 3.08. The maximum Gasteiger partial charge on any atom is 0.269 e. The van der Waals surface area contributed by atoms with E-state index in [1.54, 1.807) is 31.2 Å². The molecule has 0 amide bonds. The molecule has 0 bridgehead atoms. The number of sulfonamides is 1.